The Balaban J connectivity index is 1.13. The van der Waals surface area contributed by atoms with Gasteiger partial charge < -0.3 is 19.0 Å². The summed E-state index contributed by atoms with van der Waals surface area (Å²) in [6, 6.07) is 3.32. The molecule has 1 aliphatic heterocycles. The second-order valence-electron chi connectivity index (χ2n) is 9.62. The molecule has 162 valence electrons. The van der Waals surface area contributed by atoms with Crippen molar-refractivity contribution in [2.75, 3.05) is 32.8 Å². The number of nitrogens with zero attached hydrogens (tertiary/aromatic N) is 2. The van der Waals surface area contributed by atoms with E-state index in [1.165, 1.54) is 12.7 Å². The fourth-order valence-corrected chi connectivity index (χ4v) is 7.93. The molecule has 7 nitrogen and oxygen atoms in total. The summed E-state index contributed by atoms with van der Waals surface area (Å²) in [7, 11) is 0. The van der Waals surface area contributed by atoms with Crippen molar-refractivity contribution >= 4 is 33.7 Å². The third-order valence-electron chi connectivity index (χ3n) is 7.40. The largest absolute Gasteiger partial charge is 0.459 e. The van der Waals surface area contributed by atoms with Gasteiger partial charge in [-0.15, -0.1) is 0 Å². The lowest BCUT2D eigenvalue weighted by molar-refractivity contribution is -0.172. The minimum Gasteiger partial charge on any atom is -0.459 e. The van der Waals surface area contributed by atoms with Crippen LogP contribution in [0.1, 0.15) is 49.1 Å². The molecule has 5 aliphatic rings. The average Bonchev–Trinajstić information content (AvgIpc) is 3.24. The van der Waals surface area contributed by atoms with Crippen LogP contribution >= 0.6 is 15.9 Å². The lowest BCUT2D eigenvalue weighted by Gasteiger charge is -2.58. The predicted octanol–water partition coefficient (Wildman–Crippen LogP) is 2.84. The maximum atomic E-state index is 13.0. The fraction of sp³-hybridized carbons (Fsp3) is 0.682. The molecule has 1 aromatic rings. The van der Waals surface area contributed by atoms with E-state index in [4.69, 9.17) is 9.15 Å². The molecule has 4 aliphatic carbocycles. The van der Waals surface area contributed by atoms with Crippen molar-refractivity contribution < 1.29 is 23.5 Å². The Morgan fingerprint density at radius 1 is 1.07 bits per heavy atom. The van der Waals surface area contributed by atoms with Crippen molar-refractivity contribution in [1.82, 2.24) is 9.80 Å². The number of rotatable bonds is 4. The van der Waals surface area contributed by atoms with E-state index in [-0.39, 0.29) is 28.7 Å². The molecule has 1 saturated heterocycles. The Morgan fingerprint density at radius 2 is 1.73 bits per heavy atom. The summed E-state index contributed by atoms with van der Waals surface area (Å²) >= 11 is 3.91. The summed E-state index contributed by atoms with van der Waals surface area (Å²) in [6.45, 7) is 1.54. The molecule has 0 aromatic carbocycles. The van der Waals surface area contributed by atoms with Crippen molar-refractivity contribution in [3.63, 3.8) is 0 Å². The number of amides is 2. The Bertz CT molecular complexity index is 832. The van der Waals surface area contributed by atoms with E-state index >= 15 is 0 Å². The summed E-state index contributed by atoms with van der Waals surface area (Å²) < 4.78 is 10.8. The van der Waals surface area contributed by atoms with Gasteiger partial charge >= 0.3 is 5.97 Å². The molecule has 2 unspecified atom stereocenters. The Hall–Kier alpha value is -1.83. The molecule has 0 N–H and O–H groups in total. The number of carbonyl (C=O) groups excluding carboxylic acids is 3. The van der Waals surface area contributed by atoms with Crippen LogP contribution in [0.4, 0.5) is 0 Å². The summed E-state index contributed by atoms with van der Waals surface area (Å²) in [5, 5.41) is 0. The lowest BCUT2D eigenvalue weighted by Crippen LogP contribution is -2.56. The van der Waals surface area contributed by atoms with Crippen LogP contribution in [0.15, 0.2) is 22.8 Å². The van der Waals surface area contributed by atoms with E-state index in [0.29, 0.717) is 43.8 Å². The van der Waals surface area contributed by atoms with E-state index < -0.39 is 5.41 Å². The first kappa shape index (κ1) is 20.1. The number of piperazine rings is 1. The molecule has 8 heteroatoms. The minimum atomic E-state index is -0.415. The number of carbonyl (C=O) groups is 3. The van der Waals surface area contributed by atoms with E-state index in [1.54, 1.807) is 21.9 Å². The highest BCUT2D eigenvalue weighted by atomic mass is 79.9. The number of hydrogen-bond donors (Lipinski definition) is 0. The molecule has 6 rings (SSSR count). The standard InChI is InChI=1S/C22H27BrN2O5/c23-22-11-15-8-16(12-22)10-21(9-15,14-22)20(28)30-13-18(26)24-3-5-25(6-4-24)19(27)17-2-1-7-29-17/h1-2,7,15-16H,3-6,8-14H2/t15-,16+,21?,22?. The zero-order chi connectivity index (χ0) is 20.9. The highest BCUT2D eigenvalue weighted by Gasteiger charge is 2.60. The summed E-state index contributed by atoms with van der Waals surface area (Å²) in [5.41, 5.74) is -0.415. The van der Waals surface area contributed by atoms with Gasteiger partial charge in [0.2, 0.25) is 0 Å². The number of alkyl halides is 1. The van der Waals surface area contributed by atoms with Gasteiger partial charge in [0, 0.05) is 30.5 Å². The SMILES string of the molecule is O=C(COC(=O)C12C[C@@H]3C[C@@H](CC(Br)(C3)C1)C2)N1CCN(C(=O)c2ccco2)CC1. The molecule has 2 amide bonds. The number of furan rings is 1. The molecule has 5 fully saturated rings. The highest BCUT2D eigenvalue weighted by Crippen LogP contribution is 2.64. The number of esters is 1. The zero-order valence-electron chi connectivity index (χ0n) is 17.0. The molecule has 0 radical (unpaired) electrons. The Labute approximate surface area is 184 Å². The highest BCUT2D eigenvalue weighted by molar-refractivity contribution is 9.10. The quantitative estimate of drug-likeness (QED) is 0.490. The second kappa shape index (κ2) is 7.39. The van der Waals surface area contributed by atoms with E-state index in [0.717, 1.165) is 32.1 Å². The van der Waals surface area contributed by atoms with Crippen molar-refractivity contribution in [2.24, 2.45) is 17.3 Å². The molecule has 4 bridgehead atoms. The predicted molar refractivity (Wildman–Crippen MR) is 111 cm³/mol. The normalized spacial score (nSPS) is 34.8. The summed E-state index contributed by atoms with van der Waals surface area (Å²) in [4.78, 5) is 41.3. The van der Waals surface area contributed by atoms with Crippen LogP contribution in [-0.2, 0) is 14.3 Å². The van der Waals surface area contributed by atoms with Crippen LogP contribution < -0.4 is 0 Å². The molecular weight excluding hydrogens is 452 g/mol. The van der Waals surface area contributed by atoms with Crippen molar-refractivity contribution in [2.45, 2.75) is 42.8 Å². The maximum Gasteiger partial charge on any atom is 0.312 e. The van der Waals surface area contributed by atoms with Gasteiger partial charge in [0.05, 0.1) is 11.7 Å². The number of hydrogen-bond acceptors (Lipinski definition) is 5. The van der Waals surface area contributed by atoms with Gasteiger partial charge in [-0.05, 0) is 62.5 Å². The molecule has 4 saturated carbocycles. The number of ether oxygens (including phenoxy) is 1. The van der Waals surface area contributed by atoms with Crippen molar-refractivity contribution in [3.05, 3.63) is 24.2 Å². The second-order valence-corrected chi connectivity index (χ2v) is 11.3. The van der Waals surface area contributed by atoms with Gasteiger partial charge in [0.25, 0.3) is 11.8 Å². The van der Waals surface area contributed by atoms with Crippen LogP contribution in [0.5, 0.6) is 0 Å². The van der Waals surface area contributed by atoms with Crippen LogP contribution in [0, 0.1) is 17.3 Å². The van der Waals surface area contributed by atoms with Gasteiger partial charge in [0.1, 0.15) is 0 Å². The first-order valence-corrected chi connectivity index (χ1v) is 11.6. The Morgan fingerprint density at radius 3 is 2.33 bits per heavy atom. The van der Waals surface area contributed by atoms with Gasteiger partial charge in [-0.2, -0.15) is 0 Å². The first-order chi connectivity index (χ1) is 14.4. The average molecular weight is 479 g/mol. The van der Waals surface area contributed by atoms with Gasteiger partial charge in [-0.1, -0.05) is 15.9 Å². The minimum absolute atomic E-state index is 0.0803. The van der Waals surface area contributed by atoms with Gasteiger partial charge in [-0.25, -0.2) is 0 Å². The maximum absolute atomic E-state index is 13.0. The van der Waals surface area contributed by atoms with Gasteiger partial charge in [-0.3, -0.25) is 14.4 Å². The number of halogens is 1. The van der Waals surface area contributed by atoms with E-state index in [2.05, 4.69) is 15.9 Å². The molecule has 2 heterocycles. The van der Waals surface area contributed by atoms with Crippen molar-refractivity contribution in [3.8, 4) is 0 Å². The first-order valence-electron chi connectivity index (χ1n) is 10.8. The molecule has 0 spiro atoms. The monoisotopic (exact) mass is 478 g/mol. The molecular formula is C22H27BrN2O5. The van der Waals surface area contributed by atoms with Crippen LogP contribution in [0.3, 0.4) is 0 Å². The fourth-order valence-electron chi connectivity index (χ4n) is 6.48. The third-order valence-corrected chi connectivity index (χ3v) is 8.33. The lowest BCUT2D eigenvalue weighted by atomic mass is 9.49. The van der Waals surface area contributed by atoms with Crippen LogP contribution in [-0.4, -0.2) is 64.7 Å². The topological polar surface area (TPSA) is 80.1 Å². The van der Waals surface area contributed by atoms with Crippen LogP contribution in [0.2, 0.25) is 0 Å². The Kier molecular flexibility index (Phi) is 4.95. The molecule has 30 heavy (non-hydrogen) atoms. The zero-order valence-corrected chi connectivity index (χ0v) is 18.6. The van der Waals surface area contributed by atoms with Crippen molar-refractivity contribution in [1.29, 1.82) is 0 Å². The van der Waals surface area contributed by atoms with E-state index in [1.807, 2.05) is 0 Å². The molecule has 4 atom stereocenters. The third kappa shape index (κ3) is 3.57. The summed E-state index contributed by atoms with van der Waals surface area (Å²) in [6.07, 6.45) is 7.63. The smallest absolute Gasteiger partial charge is 0.312 e. The van der Waals surface area contributed by atoms with Gasteiger partial charge in [0.15, 0.2) is 12.4 Å². The molecule has 1 aromatic heterocycles. The van der Waals surface area contributed by atoms with E-state index in [9.17, 15) is 14.4 Å². The van der Waals surface area contributed by atoms with Crippen LogP contribution in [0.25, 0.3) is 0 Å². The summed E-state index contributed by atoms with van der Waals surface area (Å²) in [5.74, 6) is 0.947.